The van der Waals surface area contributed by atoms with Crippen molar-refractivity contribution in [1.29, 1.82) is 0 Å². The van der Waals surface area contributed by atoms with E-state index in [2.05, 4.69) is 21.2 Å². The monoisotopic (exact) mass is 334 g/mol. The Morgan fingerprint density at radius 3 is 2.61 bits per heavy atom. The maximum atomic E-state index is 12.4. The van der Waals surface area contributed by atoms with Crippen molar-refractivity contribution in [3.05, 3.63) is 28.7 Å². The lowest BCUT2D eigenvalue weighted by molar-refractivity contribution is 0.136. The number of β-amino-alcohol motifs (C(OH)–C–C–N with tert-alkyl or cyclic N) is 1. The highest BCUT2D eigenvalue weighted by atomic mass is 79.9. The summed E-state index contributed by atoms with van der Waals surface area (Å²) in [7, 11) is -2.10. The summed E-state index contributed by atoms with van der Waals surface area (Å²) in [5, 5.41) is 12.7. The molecule has 1 aromatic carbocycles. The van der Waals surface area contributed by atoms with Crippen molar-refractivity contribution in [2.45, 2.75) is 17.0 Å². The summed E-state index contributed by atoms with van der Waals surface area (Å²) in [6, 6.07) is 6.24. The van der Waals surface area contributed by atoms with Crippen molar-refractivity contribution in [3.63, 3.8) is 0 Å². The summed E-state index contributed by atoms with van der Waals surface area (Å²) in [5.41, 5.74) is 0. The number of aliphatic hydroxyl groups is 1. The molecule has 1 fully saturated rings. The smallest absolute Gasteiger partial charge is 0.244 e. The highest BCUT2D eigenvalue weighted by Crippen LogP contribution is 2.26. The molecule has 0 spiro atoms. The molecule has 2 rings (SSSR count). The van der Waals surface area contributed by atoms with Gasteiger partial charge in [-0.25, -0.2) is 8.42 Å². The molecule has 2 atom stereocenters. The lowest BCUT2D eigenvalue weighted by atomic mass is 10.2. The van der Waals surface area contributed by atoms with Gasteiger partial charge in [-0.15, -0.1) is 0 Å². The van der Waals surface area contributed by atoms with E-state index in [0.717, 1.165) is 0 Å². The first-order valence-electron chi connectivity index (χ1n) is 5.56. The Morgan fingerprint density at radius 2 is 2.06 bits per heavy atom. The highest BCUT2D eigenvalue weighted by Gasteiger charge is 2.36. The summed E-state index contributed by atoms with van der Waals surface area (Å²) >= 11 is 3.24. The number of hydrogen-bond donors (Lipinski definition) is 2. The minimum Gasteiger partial charge on any atom is -0.390 e. The van der Waals surface area contributed by atoms with E-state index in [1.54, 1.807) is 24.3 Å². The van der Waals surface area contributed by atoms with Gasteiger partial charge >= 0.3 is 0 Å². The molecule has 1 heterocycles. The largest absolute Gasteiger partial charge is 0.390 e. The number of halogens is 1. The van der Waals surface area contributed by atoms with E-state index in [0.29, 0.717) is 17.6 Å². The highest BCUT2D eigenvalue weighted by molar-refractivity contribution is 9.10. The molecule has 0 amide bonds. The third kappa shape index (κ3) is 2.46. The van der Waals surface area contributed by atoms with Gasteiger partial charge in [0.2, 0.25) is 10.0 Å². The number of nitrogens with zero attached hydrogens (tertiary/aromatic N) is 1. The van der Waals surface area contributed by atoms with Crippen LogP contribution in [0.15, 0.2) is 33.6 Å². The predicted octanol–water partition coefficient (Wildman–Crippen LogP) is 0.402. The van der Waals surface area contributed by atoms with Crippen molar-refractivity contribution in [2.75, 3.05) is 20.1 Å². The maximum Gasteiger partial charge on any atom is 0.244 e. The average Bonchev–Trinajstić information content (AvgIpc) is 2.74. The van der Waals surface area contributed by atoms with Gasteiger partial charge in [0.15, 0.2) is 0 Å². The second kappa shape index (κ2) is 5.26. The lowest BCUT2D eigenvalue weighted by Gasteiger charge is -2.26. The standard InChI is InChI=1S/C11H15BrN2O3S/c1-14(9-6-13-7-10(9)15)18(16,17)11-5-3-2-4-8(11)12/h2-5,9-10,13,15H,6-7H2,1H3/t9-,10-/m1/s1. The van der Waals surface area contributed by atoms with Gasteiger partial charge in [-0.3, -0.25) is 0 Å². The minimum absolute atomic E-state index is 0.214. The number of rotatable bonds is 3. The molecule has 18 heavy (non-hydrogen) atoms. The number of hydrogen-bond acceptors (Lipinski definition) is 4. The molecular weight excluding hydrogens is 320 g/mol. The fraction of sp³-hybridized carbons (Fsp3) is 0.455. The fourth-order valence-electron chi connectivity index (χ4n) is 2.01. The summed E-state index contributed by atoms with van der Waals surface area (Å²) in [6.07, 6.45) is -0.674. The molecule has 5 nitrogen and oxygen atoms in total. The van der Waals surface area contributed by atoms with Gasteiger partial charge in [-0.1, -0.05) is 12.1 Å². The predicted molar refractivity (Wildman–Crippen MR) is 71.8 cm³/mol. The van der Waals surface area contributed by atoms with Crippen LogP contribution in [0.2, 0.25) is 0 Å². The van der Waals surface area contributed by atoms with Gasteiger partial charge in [0.05, 0.1) is 17.0 Å². The van der Waals surface area contributed by atoms with E-state index in [1.807, 2.05) is 0 Å². The number of likely N-dealkylation sites (N-methyl/N-ethyl adjacent to an activating group) is 1. The minimum atomic E-state index is -3.60. The topological polar surface area (TPSA) is 69.6 Å². The average molecular weight is 335 g/mol. The fourth-order valence-corrected chi connectivity index (χ4v) is 4.35. The molecule has 1 aliphatic rings. The first-order valence-corrected chi connectivity index (χ1v) is 7.79. The van der Waals surface area contributed by atoms with Gasteiger partial charge < -0.3 is 10.4 Å². The van der Waals surface area contributed by atoms with E-state index >= 15 is 0 Å². The second-order valence-electron chi connectivity index (χ2n) is 4.24. The van der Waals surface area contributed by atoms with Crippen LogP contribution in [-0.4, -0.2) is 50.1 Å². The van der Waals surface area contributed by atoms with Crippen molar-refractivity contribution in [3.8, 4) is 0 Å². The molecule has 0 radical (unpaired) electrons. The van der Waals surface area contributed by atoms with Crippen molar-refractivity contribution >= 4 is 26.0 Å². The summed E-state index contributed by atoms with van der Waals surface area (Å²) in [5.74, 6) is 0. The zero-order chi connectivity index (χ0) is 13.3. The maximum absolute atomic E-state index is 12.4. The summed E-state index contributed by atoms with van der Waals surface area (Å²) in [6.45, 7) is 0.877. The Bertz CT molecular complexity index is 535. The van der Waals surface area contributed by atoms with E-state index < -0.39 is 22.2 Å². The summed E-state index contributed by atoms with van der Waals surface area (Å²) in [4.78, 5) is 0.214. The molecule has 1 saturated heterocycles. The summed E-state index contributed by atoms with van der Waals surface area (Å²) < 4.78 is 26.6. The van der Waals surface area contributed by atoms with E-state index in [1.165, 1.54) is 11.4 Å². The van der Waals surface area contributed by atoms with Crippen molar-refractivity contribution in [2.24, 2.45) is 0 Å². The number of sulfonamides is 1. The SMILES string of the molecule is CN([C@@H]1CNC[C@H]1O)S(=O)(=O)c1ccccc1Br. The molecular formula is C11H15BrN2O3S. The molecule has 1 aromatic rings. The van der Waals surface area contributed by atoms with Crippen LogP contribution in [0.4, 0.5) is 0 Å². The Kier molecular flexibility index (Phi) is 4.08. The van der Waals surface area contributed by atoms with Crippen LogP contribution in [0.3, 0.4) is 0 Å². The zero-order valence-electron chi connectivity index (χ0n) is 9.88. The normalized spacial score (nSPS) is 24.7. The Hall–Kier alpha value is -0.470. The Labute approximate surface area is 115 Å². The van der Waals surface area contributed by atoms with Crippen LogP contribution in [0.1, 0.15) is 0 Å². The number of benzene rings is 1. The lowest BCUT2D eigenvalue weighted by Crippen LogP contribution is -2.44. The van der Waals surface area contributed by atoms with E-state index in [-0.39, 0.29) is 4.90 Å². The molecule has 0 unspecified atom stereocenters. The molecule has 2 N–H and O–H groups in total. The number of aliphatic hydroxyl groups excluding tert-OH is 1. The van der Waals surface area contributed by atoms with Crippen molar-refractivity contribution in [1.82, 2.24) is 9.62 Å². The van der Waals surface area contributed by atoms with Gasteiger partial charge in [0.1, 0.15) is 0 Å². The van der Waals surface area contributed by atoms with Crippen LogP contribution in [0, 0.1) is 0 Å². The van der Waals surface area contributed by atoms with E-state index in [4.69, 9.17) is 0 Å². The first-order chi connectivity index (χ1) is 8.44. The van der Waals surface area contributed by atoms with Crippen LogP contribution in [0.25, 0.3) is 0 Å². The molecule has 1 aliphatic heterocycles. The zero-order valence-corrected chi connectivity index (χ0v) is 12.3. The van der Waals surface area contributed by atoms with E-state index in [9.17, 15) is 13.5 Å². The van der Waals surface area contributed by atoms with Crippen LogP contribution in [-0.2, 0) is 10.0 Å². The van der Waals surface area contributed by atoms with Crippen LogP contribution in [0.5, 0.6) is 0 Å². The van der Waals surface area contributed by atoms with Crippen molar-refractivity contribution < 1.29 is 13.5 Å². The third-order valence-corrected chi connectivity index (χ3v) is 6.01. The molecule has 100 valence electrons. The molecule has 7 heteroatoms. The Balaban J connectivity index is 2.34. The quantitative estimate of drug-likeness (QED) is 0.839. The molecule has 0 bridgehead atoms. The Morgan fingerprint density at radius 1 is 1.39 bits per heavy atom. The molecule has 0 aliphatic carbocycles. The van der Waals surface area contributed by atoms with Crippen LogP contribution < -0.4 is 5.32 Å². The van der Waals surface area contributed by atoms with Gasteiger partial charge in [-0.05, 0) is 28.1 Å². The first kappa shape index (κ1) is 14.0. The van der Waals surface area contributed by atoms with Gasteiger partial charge in [0, 0.05) is 24.6 Å². The number of nitrogens with one attached hydrogen (secondary N) is 1. The molecule has 0 saturated carbocycles. The third-order valence-electron chi connectivity index (χ3n) is 3.11. The molecule has 0 aromatic heterocycles. The second-order valence-corrected chi connectivity index (χ2v) is 7.06. The van der Waals surface area contributed by atoms with Gasteiger partial charge in [0.25, 0.3) is 0 Å². The van der Waals surface area contributed by atoms with Crippen LogP contribution >= 0.6 is 15.9 Å². The van der Waals surface area contributed by atoms with Gasteiger partial charge in [-0.2, -0.15) is 4.31 Å².